The fourth-order valence-electron chi connectivity index (χ4n) is 1.95. The molecule has 5 nitrogen and oxygen atoms in total. The van der Waals surface area contributed by atoms with E-state index >= 15 is 0 Å². The van der Waals surface area contributed by atoms with Crippen LogP contribution in [-0.2, 0) is 7.05 Å². The highest BCUT2D eigenvalue weighted by molar-refractivity contribution is 5.92. The zero-order valence-corrected chi connectivity index (χ0v) is 9.81. The van der Waals surface area contributed by atoms with Crippen LogP contribution in [0.5, 0.6) is 0 Å². The van der Waals surface area contributed by atoms with Crippen molar-refractivity contribution in [2.75, 3.05) is 0 Å². The van der Waals surface area contributed by atoms with Crippen molar-refractivity contribution in [3.8, 4) is 0 Å². The number of pyridine rings is 2. The molecule has 88 valence electrons. The van der Waals surface area contributed by atoms with Crippen LogP contribution >= 0.6 is 0 Å². The molecule has 0 aliphatic rings. The Hall–Kier alpha value is -2.17. The summed E-state index contributed by atoms with van der Waals surface area (Å²) >= 11 is 0. The first-order chi connectivity index (χ1) is 7.91. The monoisotopic (exact) mass is 232 g/mol. The van der Waals surface area contributed by atoms with Gasteiger partial charge >= 0.3 is 5.97 Å². The summed E-state index contributed by atoms with van der Waals surface area (Å²) in [6, 6.07) is 1.77. The highest BCUT2D eigenvalue weighted by Crippen LogP contribution is 2.14. The number of aromatic nitrogens is 2. The molecule has 1 N–H and O–H groups in total. The number of carboxylic acids is 1. The lowest BCUT2D eigenvalue weighted by atomic mass is 10.1. The van der Waals surface area contributed by atoms with Crippen LogP contribution in [-0.4, -0.2) is 20.6 Å². The van der Waals surface area contributed by atoms with Gasteiger partial charge in [-0.15, -0.1) is 0 Å². The van der Waals surface area contributed by atoms with Gasteiger partial charge in [0.25, 0.3) is 0 Å². The molecule has 0 radical (unpaired) electrons. The van der Waals surface area contributed by atoms with Gasteiger partial charge in [-0.2, -0.15) is 0 Å². The first-order valence-electron chi connectivity index (χ1n) is 5.12. The molecule has 0 fully saturated rings. The average Bonchev–Trinajstić information content (AvgIpc) is 2.21. The molecule has 0 aromatic carbocycles. The van der Waals surface area contributed by atoms with E-state index in [-0.39, 0.29) is 5.56 Å². The largest absolute Gasteiger partial charge is 0.477 e. The van der Waals surface area contributed by atoms with Gasteiger partial charge in [-0.25, -0.2) is 9.78 Å². The summed E-state index contributed by atoms with van der Waals surface area (Å²) in [5.74, 6) is -1.22. The van der Waals surface area contributed by atoms with Crippen molar-refractivity contribution in [3.63, 3.8) is 0 Å². The zero-order chi connectivity index (χ0) is 12.7. The molecule has 2 heterocycles. The van der Waals surface area contributed by atoms with Crippen molar-refractivity contribution >= 4 is 17.0 Å². The number of carbonyl (C=O) groups is 1. The van der Waals surface area contributed by atoms with Crippen molar-refractivity contribution in [2.24, 2.45) is 7.05 Å². The topological polar surface area (TPSA) is 72.2 Å². The molecule has 0 unspecified atom stereocenters. The first kappa shape index (κ1) is 11.3. The maximum atomic E-state index is 12.0. The molecule has 5 heteroatoms. The Kier molecular flexibility index (Phi) is 2.46. The highest BCUT2D eigenvalue weighted by Gasteiger charge is 2.15. The lowest BCUT2D eigenvalue weighted by Gasteiger charge is -2.09. The molecule has 2 rings (SSSR count). The first-order valence-corrected chi connectivity index (χ1v) is 5.12. The van der Waals surface area contributed by atoms with Gasteiger partial charge < -0.3 is 9.67 Å². The summed E-state index contributed by atoms with van der Waals surface area (Å²) in [5, 5.41) is 9.33. The Bertz CT molecular complexity index is 686. The number of carboxylic acid groups (broad SMARTS) is 1. The van der Waals surface area contributed by atoms with Gasteiger partial charge in [0, 0.05) is 18.9 Å². The third kappa shape index (κ3) is 1.69. The van der Waals surface area contributed by atoms with E-state index in [0.29, 0.717) is 11.0 Å². The van der Waals surface area contributed by atoms with E-state index in [2.05, 4.69) is 4.98 Å². The third-order valence-electron chi connectivity index (χ3n) is 2.68. The molecule has 17 heavy (non-hydrogen) atoms. The van der Waals surface area contributed by atoms with Crippen LogP contribution in [0.25, 0.3) is 11.0 Å². The van der Waals surface area contributed by atoms with Crippen LogP contribution in [0.2, 0.25) is 0 Å². The Balaban J connectivity index is 3.05. The lowest BCUT2D eigenvalue weighted by molar-refractivity contribution is 0.0695. The molecule has 0 aliphatic carbocycles. The van der Waals surface area contributed by atoms with Crippen molar-refractivity contribution in [3.05, 3.63) is 39.3 Å². The molecule has 0 spiro atoms. The second kappa shape index (κ2) is 3.69. The van der Waals surface area contributed by atoms with Crippen molar-refractivity contribution in [1.29, 1.82) is 0 Å². The van der Waals surface area contributed by atoms with Crippen molar-refractivity contribution < 1.29 is 9.90 Å². The maximum absolute atomic E-state index is 12.0. The Morgan fingerprint density at radius 3 is 2.65 bits per heavy atom. The fourth-order valence-corrected chi connectivity index (χ4v) is 1.95. The van der Waals surface area contributed by atoms with Crippen LogP contribution in [0.15, 0.2) is 17.1 Å². The smallest absolute Gasteiger partial charge is 0.341 e. The van der Waals surface area contributed by atoms with Crippen molar-refractivity contribution in [2.45, 2.75) is 13.8 Å². The molecule has 0 aliphatic heterocycles. The van der Waals surface area contributed by atoms with Crippen LogP contribution in [0.1, 0.15) is 21.6 Å². The zero-order valence-electron chi connectivity index (χ0n) is 9.81. The van der Waals surface area contributed by atoms with E-state index in [4.69, 9.17) is 5.11 Å². The second-order valence-electron chi connectivity index (χ2n) is 4.07. The summed E-state index contributed by atoms with van der Waals surface area (Å²) < 4.78 is 1.57. The van der Waals surface area contributed by atoms with Gasteiger partial charge in [-0.3, -0.25) is 4.79 Å². The van der Waals surface area contributed by atoms with Gasteiger partial charge in [0.1, 0.15) is 11.2 Å². The number of hydrogen-bond donors (Lipinski definition) is 1. The second-order valence-corrected chi connectivity index (χ2v) is 4.07. The van der Waals surface area contributed by atoms with E-state index in [9.17, 15) is 9.59 Å². The number of aryl methyl sites for hydroxylation is 3. The van der Waals surface area contributed by atoms with Gasteiger partial charge in [-0.05, 0) is 25.5 Å². The van der Waals surface area contributed by atoms with Crippen LogP contribution in [0.3, 0.4) is 0 Å². The number of fused-ring (bicyclic) bond motifs is 1. The van der Waals surface area contributed by atoms with Crippen molar-refractivity contribution in [1.82, 2.24) is 9.55 Å². The quantitative estimate of drug-likeness (QED) is 0.803. The average molecular weight is 232 g/mol. The van der Waals surface area contributed by atoms with Crippen LogP contribution < -0.4 is 5.43 Å². The predicted molar refractivity (Wildman–Crippen MR) is 63.4 cm³/mol. The summed E-state index contributed by atoms with van der Waals surface area (Å²) in [5.41, 5.74) is 1.35. The molecule has 0 atom stereocenters. The minimum Gasteiger partial charge on any atom is -0.477 e. The third-order valence-corrected chi connectivity index (χ3v) is 2.68. The summed E-state index contributed by atoms with van der Waals surface area (Å²) in [4.78, 5) is 27.2. The Morgan fingerprint density at radius 2 is 2.06 bits per heavy atom. The van der Waals surface area contributed by atoms with E-state index < -0.39 is 11.4 Å². The van der Waals surface area contributed by atoms with Crippen LogP contribution in [0, 0.1) is 13.8 Å². The molecule has 0 saturated heterocycles. The van der Waals surface area contributed by atoms with Gasteiger partial charge in [0.2, 0.25) is 5.43 Å². The standard InChI is InChI=1S/C12H12N2O3/c1-6-4-7(2)13-11-9(6)10(15)8(12(16)17)5-14(11)3/h4-5H,1-3H3,(H,16,17). The minimum atomic E-state index is -1.22. The molecule has 2 aromatic rings. The SMILES string of the molecule is Cc1cc(C)c2c(=O)c(C(=O)O)cn(C)c2n1. The predicted octanol–water partition coefficient (Wildman–Crippen LogP) is 1.25. The minimum absolute atomic E-state index is 0.228. The fraction of sp³-hybridized carbons (Fsp3) is 0.250. The number of aromatic carboxylic acids is 1. The summed E-state index contributed by atoms with van der Waals surface area (Å²) in [6.07, 6.45) is 1.30. The Morgan fingerprint density at radius 1 is 1.41 bits per heavy atom. The van der Waals surface area contributed by atoms with E-state index in [1.807, 2.05) is 6.92 Å². The highest BCUT2D eigenvalue weighted by atomic mass is 16.4. The number of nitrogens with zero attached hydrogens (tertiary/aromatic N) is 2. The molecular formula is C12H12N2O3. The summed E-state index contributed by atoms with van der Waals surface area (Å²) in [6.45, 7) is 3.62. The lowest BCUT2D eigenvalue weighted by Crippen LogP contribution is -2.19. The normalized spacial score (nSPS) is 10.8. The molecule has 0 bridgehead atoms. The number of hydrogen-bond acceptors (Lipinski definition) is 3. The molecule has 2 aromatic heterocycles. The van der Waals surface area contributed by atoms with Gasteiger partial charge in [0.15, 0.2) is 0 Å². The van der Waals surface area contributed by atoms with E-state index in [0.717, 1.165) is 11.3 Å². The van der Waals surface area contributed by atoms with E-state index in [1.165, 1.54) is 6.20 Å². The molecular weight excluding hydrogens is 220 g/mol. The molecule has 0 amide bonds. The maximum Gasteiger partial charge on any atom is 0.341 e. The van der Waals surface area contributed by atoms with Gasteiger partial charge in [0.05, 0.1) is 5.39 Å². The Labute approximate surface area is 97.3 Å². The number of rotatable bonds is 1. The van der Waals surface area contributed by atoms with E-state index in [1.54, 1.807) is 24.6 Å². The molecule has 0 saturated carbocycles. The summed E-state index contributed by atoms with van der Waals surface area (Å²) in [7, 11) is 1.68. The van der Waals surface area contributed by atoms with Crippen LogP contribution in [0.4, 0.5) is 0 Å². The van der Waals surface area contributed by atoms with Gasteiger partial charge in [-0.1, -0.05) is 0 Å².